The first-order chi connectivity index (χ1) is 14.9. The largest absolute Gasteiger partial charge is 0.480 e. The molecular formula is C24H38N4O4. The second-order valence-corrected chi connectivity index (χ2v) is 9.87. The Bertz CT molecular complexity index is 923. The highest BCUT2D eigenvalue weighted by Crippen LogP contribution is 2.54. The van der Waals surface area contributed by atoms with Gasteiger partial charge in [0.05, 0.1) is 11.9 Å². The van der Waals surface area contributed by atoms with Gasteiger partial charge >= 0.3 is 5.97 Å². The fourth-order valence-electron chi connectivity index (χ4n) is 4.68. The molecule has 1 amide bonds. The molecule has 1 aromatic rings. The zero-order valence-corrected chi connectivity index (χ0v) is 20.2. The second kappa shape index (κ2) is 9.88. The Balaban J connectivity index is 2.21. The number of hydrogen-bond donors (Lipinski definition) is 3. The minimum atomic E-state index is -1.11. The summed E-state index contributed by atoms with van der Waals surface area (Å²) < 4.78 is 1.07. The molecule has 1 aliphatic carbocycles. The molecule has 2 rings (SSSR count). The molecule has 0 saturated heterocycles. The summed E-state index contributed by atoms with van der Waals surface area (Å²) in [5, 5.41) is 19.2. The molecule has 1 saturated carbocycles. The third-order valence-electron chi connectivity index (χ3n) is 7.61. The molecule has 1 aromatic heterocycles. The predicted molar refractivity (Wildman–Crippen MR) is 126 cm³/mol. The zero-order valence-electron chi connectivity index (χ0n) is 20.2. The molecule has 1 fully saturated rings. The van der Waals surface area contributed by atoms with E-state index in [4.69, 9.17) is 5.11 Å². The average molecular weight is 447 g/mol. The molecule has 0 aliphatic heterocycles. The van der Waals surface area contributed by atoms with Gasteiger partial charge in [-0.1, -0.05) is 47.1 Å². The number of carbonyl (C=O) groups excluding carboxylic acids is 1. The maximum Gasteiger partial charge on any atom is 0.326 e. The van der Waals surface area contributed by atoms with Crippen molar-refractivity contribution in [3.05, 3.63) is 34.8 Å². The van der Waals surface area contributed by atoms with Crippen molar-refractivity contribution >= 4 is 17.6 Å². The molecule has 4 atom stereocenters. The first kappa shape index (κ1) is 25.6. The Hall–Kier alpha value is -2.64. The van der Waals surface area contributed by atoms with Crippen LogP contribution in [0.4, 0.5) is 5.69 Å². The molecule has 32 heavy (non-hydrogen) atoms. The highest BCUT2D eigenvalue weighted by atomic mass is 16.4. The summed E-state index contributed by atoms with van der Waals surface area (Å²) >= 11 is 0. The molecule has 3 unspecified atom stereocenters. The van der Waals surface area contributed by atoms with E-state index in [0.29, 0.717) is 11.3 Å². The normalized spacial score (nSPS) is 25.6. The highest BCUT2D eigenvalue weighted by molar-refractivity contribution is 5.83. The van der Waals surface area contributed by atoms with Gasteiger partial charge in [-0.05, 0) is 42.9 Å². The quantitative estimate of drug-likeness (QED) is 0.501. The Morgan fingerprint density at radius 1 is 1.34 bits per heavy atom. The summed E-state index contributed by atoms with van der Waals surface area (Å²) in [5.74, 6) is -1.41. The first-order valence-corrected chi connectivity index (χ1v) is 11.4. The fraction of sp³-hybridized carbons (Fsp3) is 0.667. The van der Waals surface area contributed by atoms with E-state index in [1.54, 1.807) is 20.0 Å². The van der Waals surface area contributed by atoms with Crippen molar-refractivity contribution in [2.45, 2.75) is 85.9 Å². The van der Waals surface area contributed by atoms with E-state index in [1.165, 1.54) is 0 Å². The summed E-state index contributed by atoms with van der Waals surface area (Å²) in [6, 6.07) is -0.857. The molecule has 1 heterocycles. The van der Waals surface area contributed by atoms with Crippen LogP contribution in [0.2, 0.25) is 0 Å². The van der Waals surface area contributed by atoms with Crippen molar-refractivity contribution in [2.75, 3.05) is 5.32 Å². The van der Waals surface area contributed by atoms with Gasteiger partial charge in [0, 0.05) is 11.6 Å². The van der Waals surface area contributed by atoms with E-state index in [2.05, 4.69) is 50.0 Å². The Labute approximate surface area is 190 Å². The summed E-state index contributed by atoms with van der Waals surface area (Å²) in [4.78, 5) is 36.2. The number of aliphatic carboxylic acids is 1. The Morgan fingerprint density at radius 3 is 2.53 bits per heavy atom. The fourth-order valence-corrected chi connectivity index (χ4v) is 4.68. The number of nitrogens with zero attached hydrogens (tertiary/aromatic N) is 2. The lowest BCUT2D eigenvalue weighted by Gasteiger charge is -2.53. The van der Waals surface area contributed by atoms with Gasteiger partial charge in [-0.2, -0.15) is 5.10 Å². The molecule has 1 aliphatic rings. The van der Waals surface area contributed by atoms with E-state index in [0.717, 1.165) is 23.9 Å². The van der Waals surface area contributed by atoms with Crippen molar-refractivity contribution in [3.63, 3.8) is 0 Å². The van der Waals surface area contributed by atoms with Crippen molar-refractivity contribution in [1.29, 1.82) is 0 Å². The van der Waals surface area contributed by atoms with Gasteiger partial charge in [0.2, 0.25) is 5.91 Å². The zero-order chi connectivity index (χ0) is 24.3. The van der Waals surface area contributed by atoms with Crippen LogP contribution in [0.5, 0.6) is 0 Å². The van der Waals surface area contributed by atoms with Crippen LogP contribution in [0.15, 0.2) is 23.6 Å². The van der Waals surface area contributed by atoms with E-state index in [-0.39, 0.29) is 41.3 Å². The van der Waals surface area contributed by atoms with Crippen LogP contribution in [0.3, 0.4) is 0 Å². The minimum Gasteiger partial charge on any atom is -0.480 e. The van der Waals surface area contributed by atoms with E-state index < -0.39 is 17.9 Å². The molecule has 0 spiro atoms. The van der Waals surface area contributed by atoms with Crippen molar-refractivity contribution in [3.8, 4) is 0 Å². The van der Waals surface area contributed by atoms with Gasteiger partial charge in [0.15, 0.2) is 0 Å². The molecule has 0 bridgehead atoms. The summed E-state index contributed by atoms with van der Waals surface area (Å²) in [6.07, 6.45) is 6.84. The summed E-state index contributed by atoms with van der Waals surface area (Å²) in [6.45, 7) is 16.3. The monoisotopic (exact) mass is 446 g/mol. The van der Waals surface area contributed by atoms with Gasteiger partial charge < -0.3 is 15.7 Å². The maximum atomic E-state index is 12.8. The SMILES string of the molecule is C=CC1CC(C)(C)C(C)(CC)C[C@H]1Nc1cnn(CC(=O)NC(CC)C(=O)O)c(=O)c1C. The number of aromatic nitrogens is 2. The van der Waals surface area contributed by atoms with Crippen LogP contribution < -0.4 is 16.2 Å². The smallest absolute Gasteiger partial charge is 0.326 e. The van der Waals surface area contributed by atoms with Crippen LogP contribution in [-0.4, -0.2) is 38.8 Å². The topological polar surface area (TPSA) is 113 Å². The minimum absolute atomic E-state index is 0.130. The number of nitrogens with one attached hydrogen (secondary N) is 2. The van der Waals surface area contributed by atoms with Gasteiger partial charge in [0.1, 0.15) is 12.6 Å². The predicted octanol–water partition coefficient (Wildman–Crippen LogP) is 3.35. The van der Waals surface area contributed by atoms with E-state index >= 15 is 0 Å². The number of anilines is 1. The third-order valence-corrected chi connectivity index (χ3v) is 7.61. The summed E-state index contributed by atoms with van der Waals surface area (Å²) in [5.41, 5.74) is 1.08. The Kier molecular flexibility index (Phi) is 7.91. The highest BCUT2D eigenvalue weighted by Gasteiger charge is 2.47. The number of rotatable bonds is 9. The number of carboxylic acids is 1. The van der Waals surface area contributed by atoms with Crippen molar-refractivity contribution < 1.29 is 14.7 Å². The van der Waals surface area contributed by atoms with Crippen molar-refractivity contribution in [2.24, 2.45) is 16.7 Å². The van der Waals surface area contributed by atoms with Crippen LogP contribution >= 0.6 is 0 Å². The molecule has 0 aromatic carbocycles. The lowest BCUT2D eigenvalue weighted by Crippen LogP contribution is -2.49. The van der Waals surface area contributed by atoms with E-state index in [1.807, 2.05) is 6.08 Å². The molecule has 0 radical (unpaired) electrons. The van der Waals surface area contributed by atoms with Crippen LogP contribution in [0.25, 0.3) is 0 Å². The number of amides is 1. The molecule has 8 heteroatoms. The van der Waals surface area contributed by atoms with Gasteiger partial charge in [-0.3, -0.25) is 9.59 Å². The average Bonchev–Trinajstić information content (AvgIpc) is 2.73. The van der Waals surface area contributed by atoms with Crippen LogP contribution in [0.1, 0.15) is 65.9 Å². The van der Waals surface area contributed by atoms with Crippen LogP contribution in [0, 0.1) is 23.7 Å². The Morgan fingerprint density at radius 2 is 2.00 bits per heavy atom. The summed E-state index contributed by atoms with van der Waals surface area (Å²) in [7, 11) is 0. The van der Waals surface area contributed by atoms with Crippen molar-refractivity contribution in [1.82, 2.24) is 15.1 Å². The van der Waals surface area contributed by atoms with Gasteiger partial charge in [-0.25, -0.2) is 9.48 Å². The lowest BCUT2D eigenvalue weighted by atomic mass is 9.54. The standard InChI is InChI=1S/C24H38N4O4/c1-8-16-11-23(5,6)24(7,10-3)12-18(16)26-19-13-25-28(21(30)15(19)4)14-20(29)27-17(9-2)22(31)32/h8,13,16-18,26H,1,9-12,14H2,2-7H3,(H,27,29)(H,31,32)/t16?,17?,18-,24?/m1/s1. The molecular weight excluding hydrogens is 408 g/mol. The number of carboxylic acid groups (broad SMARTS) is 1. The van der Waals surface area contributed by atoms with Crippen LogP contribution in [-0.2, 0) is 16.1 Å². The maximum absolute atomic E-state index is 12.8. The lowest BCUT2D eigenvalue weighted by molar-refractivity contribution is -0.142. The molecule has 3 N–H and O–H groups in total. The third kappa shape index (κ3) is 5.22. The van der Waals surface area contributed by atoms with Gasteiger partial charge in [-0.15, -0.1) is 6.58 Å². The number of carbonyl (C=O) groups is 2. The molecule has 8 nitrogen and oxygen atoms in total. The second-order valence-electron chi connectivity index (χ2n) is 9.87. The van der Waals surface area contributed by atoms with E-state index in [9.17, 15) is 14.4 Å². The van der Waals surface area contributed by atoms with Gasteiger partial charge in [0.25, 0.3) is 5.56 Å². The first-order valence-electron chi connectivity index (χ1n) is 11.4. The molecule has 178 valence electrons. The number of hydrogen-bond acceptors (Lipinski definition) is 5.